The summed E-state index contributed by atoms with van der Waals surface area (Å²) in [5.41, 5.74) is 1.04. The summed E-state index contributed by atoms with van der Waals surface area (Å²) in [7, 11) is 0. The molecule has 4 saturated carbocycles. The van der Waals surface area contributed by atoms with Crippen LogP contribution in [-0.4, -0.2) is 37.1 Å². The SMILES string of the molecule is C=CC(=O)OCCCC1CCC(C2CCC(C(=O)Oc3ccc(CC)cc3OC(=O)C3CCC(C4CCC(CCCOC(=O)C=C)CC4)CC3)CC2)CC1. The molecule has 8 nitrogen and oxygen atoms in total. The molecule has 5 rings (SSSR count). The van der Waals surface area contributed by atoms with Crippen LogP contribution in [-0.2, 0) is 35.1 Å². The van der Waals surface area contributed by atoms with Gasteiger partial charge in [-0.25, -0.2) is 9.59 Å². The van der Waals surface area contributed by atoms with Gasteiger partial charge in [0, 0.05) is 12.2 Å². The van der Waals surface area contributed by atoms with Gasteiger partial charge < -0.3 is 18.9 Å². The molecule has 0 aliphatic heterocycles. The van der Waals surface area contributed by atoms with Crippen molar-refractivity contribution in [3.05, 3.63) is 49.1 Å². The lowest BCUT2D eigenvalue weighted by molar-refractivity contribution is -0.143. The lowest BCUT2D eigenvalue weighted by Gasteiger charge is -2.37. The summed E-state index contributed by atoms with van der Waals surface area (Å²) in [5.74, 6) is 3.60. The molecule has 8 heteroatoms. The zero-order valence-corrected chi connectivity index (χ0v) is 32.9. The number of hydrogen-bond acceptors (Lipinski definition) is 8. The zero-order chi connectivity index (χ0) is 38.3. The fourth-order valence-corrected chi connectivity index (χ4v) is 10.1. The van der Waals surface area contributed by atoms with Crippen molar-refractivity contribution in [2.75, 3.05) is 13.2 Å². The maximum absolute atomic E-state index is 13.5. The smallest absolute Gasteiger partial charge is 0.330 e. The van der Waals surface area contributed by atoms with E-state index >= 15 is 0 Å². The number of benzene rings is 1. The van der Waals surface area contributed by atoms with E-state index in [0.29, 0.717) is 48.4 Å². The Hall–Kier alpha value is -3.42. The summed E-state index contributed by atoms with van der Waals surface area (Å²) in [6.45, 7) is 9.91. The zero-order valence-electron chi connectivity index (χ0n) is 32.9. The average molecular weight is 747 g/mol. The van der Waals surface area contributed by atoms with Gasteiger partial charge in [0.05, 0.1) is 25.0 Å². The second kappa shape index (κ2) is 21.6. The number of rotatable bonds is 17. The minimum Gasteiger partial charge on any atom is -0.463 e. The number of hydrogen-bond donors (Lipinski definition) is 0. The Kier molecular flexibility index (Phi) is 16.7. The maximum Gasteiger partial charge on any atom is 0.330 e. The molecular weight excluding hydrogens is 680 g/mol. The predicted molar refractivity (Wildman–Crippen MR) is 210 cm³/mol. The third kappa shape index (κ3) is 12.6. The number of carbonyl (C=O) groups excluding carboxylic acids is 4. The average Bonchev–Trinajstić information content (AvgIpc) is 3.22. The Morgan fingerprint density at radius 2 is 0.963 bits per heavy atom. The first-order valence-electron chi connectivity index (χ1n) is 21.4. The fourth-order valence-electron chi connectivity index (χ4n) is 10.1. The largest absolute Gasteiger partial charge is 0.463 e. The first kappa shape index (κ1) is 41.7. The highest BCUT2D eigenvalue weighted by Crippen LogP contribution is 2.44. The van der Waals surface area contributed by atoms with Gasteiger partial charge in [-0.2, -0.15) is 0 Å². The van der Waals surface area contributed by atoms with Crippen LogP contribution in [0, 0.1) is 47.3 Å². The summed E-state index contributed by atoms with van der Waals surface area (Å²) in [5, 5.41) is 0. The third-order valence-corrected chi connectivity index (χ3v) is 13.5. The third-order valence-electron chi connectivity index (χ3n) is 13.5. The minimum atomic E-state index is -0.342. The van der Waals surface area contributed by atoms with Crippen molar-refractivity contribution in [2.45, 2.75) is 142 Å². The molecular formula is C46H66O8. The Labute approximate surface area is 324 Å². The Bertz CT molecular complexity index is 1390. The standard InChI is InChI=1S/C46H66O8/c1-4-32-15-28-41(53-45(49)39-24-20-37(21-25-39)35-16-11-33(12-17-35)9-7-29-51-43(47)5-2)42(31-32)54-46(50)40-26-22-38(23-27-40)36-18-13-34(14-19-36)10-8-30-52-44(48)6-3/h5-6,15,28,31,33-40H,2-4,7-14,16-27,29-30H2,1H3. The molecule has 4 aliphatic carbocycles. The van der Waals surface area contributed by atoms with E-state index in [0.717, 1.165) is 101 Å². The molecule has 0 N–H and O–H groups in total. The highest BCUT2D eigenvalue weighted by atomic mass is 16.6. The monoisotopic (exact) mass is 746 g/mol. The normalized spacial score (nSPS) is 28.6. The van der Waals surface area contributed by atoms with E-state index < -0.39 is 0 Å². The Morgan fingerprint density at radius 1 is 0.574 bits per heavy atom. The van der Waals surface area contributed by atoms with Crippen LogP contribution in [0.2, 0.25) is 0 Å². The summed E-state index contributed by atoms with van der Waals surface area (Å²) in [6, 6.07) is 5.63. The van der Waals surface area contributed by atoms with Crippen molar-refractivity contribution in [1.29, 1.82) is 0 Å². The summed E-state index contributed by atoms with van der Waals surface area (Å²) in [4.78, 5) is 49.5. The molecule has 0 saturated heterocycles. The highest BCUT2D eigenvalue weighted by molar-refractivity contribution is 5.81. The van der Waals surface area contributed by atoms with Gasteiger partial charge in [-0.1, -0.05) is 51.8 Å². The molecule has 4 aliphatic rings. The van der Waals surface area contributed by atoms with E-state index in [4.69, 9.17) is 18.9 Å². The molecule has 54 heavy (non-hydrogen) atoms. The van der Waals surface area contributed by atoms with Crippen LogP contribution in [0.25, 0.3) is 0 Å². The molecule has 0 unspecified atom stereocenters. The van der Waals surface area contributed by atoms with Crippen molar-refractivity contribution in [3.8, 4) is 11.5 Å². The van der Waals surface area contributed by atoms with E-state index in [1.165, 1.54) is 63.5 Å². The van der Waals surface area contributed by atoms with Crippen LogP contribution in [0.3, 0.4) is 0 Å². The molecule has 4 fully saturated rings. The number of carbonyl (C=O) groups is 4. The first-order valence-corrected chi connectivity index (χ1v) is 21.4. The highest BCUT2D eigenvalue weighted by Gasteiger charge is 2.36. The topological polar surface area (TPSA) is 105 Å². The molecule has 0 heterocycles. The van der Waals surface area contributed by atoms with Crippen molar-refractivity contribution < 1.29 is 38.1 Å². The Balaban J connectivity index is 1.02. The van der Waals surface area contributed by atoms with Crippen LogP contribution < -0.4 is 9.47 Å². The van der Waals surface area contributed by atoms with Gasteiger partial charge in [0.25, 0.3) is 0 Å². The lowest BCUT2D eigenvalue weighted by atomic mass is 9.68. The number of aryl methyl sites for hydroxylation is 1. The van der Waals surface area contributed by atoms with Crippen molar-refractivity contribution in [2.24, 2.45) is 47.3 Å². The quantitative estimate of drug-likeness (QED) is 0.0671. The van der Waals surface area contributed by atoms with Gasteiger partial charge in [-0.15, -0.1) is 0 Å². The predicted octanol–water partition coefficient (Wildman–Crippen LogP) is 10.3. The van der Waals surface area contributed by atoms with Gasteiger partial charge in [0.1, 0.15) is 0 Å². The van der Waals surface area contributed by atoms with Gasteiger partial charge >= 0.3 is 23.9 Å². The minimum absolute atomic E-state index is 0.127. The molecule has 0 aromatic heterocycles. The summed E-state index contributed by atoms with van der Waals surface area (Å²) >= 11 is 0. The van der Waals surface area contributed by atoms with Crippen molar-refractivity contribution >= 4 is 23.9 Å². The van der Waals surface area contributed by atoms with E-state index in [1.807, 2.05) is 12.1 Å². The molecule has 0 bridgehead atoms. The molecule has 1 aromatic rings. The van der Waals surface area contributed by atoms with Crippen LogP contribution in [0.4, 0.5) is 0 Å². The maximum atomic E-state index is 13.5. The number of esters is 4. The summed E-state index contributed by atoms with van der Waals surface area (Å²) < 4.78 is 22.3. The van der Waals surface area contributed by atoms with E-state index in [9.17, 15) is 19.2 Å². The number of ether oxygens (including phenoxy) is 4. The fraction of sp³-hybridized carbons (Fsp3) is 0.696. The molecule has 298 valence electrons. The van der Waals surface area contributed by atoms with E-state index in [1.54, 1.807) is 6.07 Å². The van der Waals surface area contributed by atoms with Gasteiger partial charge in [-0.05, 0) is 162 Å². The van der Waals surface area contributed by atoms with E-state index in [-0.39, 0.29) is 35.7 Å². The molecule has 0 atom stereocenters. The van der Waals surface area contributed by atoms with Crippen LogP contribution in [0.5, 0.6) is 11.5 Å². The van der Waals surface area contributed by atoms with E-state index in [2.05, 4.69) is 20.1 Å². The molecule has 0 radical (unpaired) electrons. The molecule has 0 amide bonds. The molecule has 0 spiro atoms. The first-order chi connectivity index (χ1) is 26.3. The second-order valence-electron chi connectivity index (χ2n) is 16.8. The summed E-state index contributed by atoms with van der Waals surface area (Å²) in [6.07, 6.45) is 24.8. The van der Waals surface area contributed by atoms with Gasteiger partial charge in [0.15, 0.2) is 11.5 Å². The van der Waals surface area contributed by atoms with Crippen LogP contribution in [0.1, 0.15) is 141 Å². The van der Waals surface area contributed by atoms with Crippen molar-refractivity contribution in [1.82, 2.24) is 0 Å². The Morgan fingerprint density at radius 3 is 1.35 bits per heavy atom. The molecule has 1 aromatic carbocycles. The van der Waals surface area contributed by atoms with Gasteiger partial charge in [-0.3, -0.25) is 9.59 Å². The second-order valence-corrected chi connectivity index (χ2v) is 16.8. The van der Waals surface area contributed by atoms with Gasteiger partial charge in [0.2, 0.25) is 0 Å². The lowest BCUT2D eigenvalue weighted by Crippen LogP contribution is -2.31. The van der Waals surface area contributed by atoms with Crippen LogP contribution >= 0.6 is 0 Å². The van der Waals surface area contributed by atoms with Crippen molar-refractivity contribution in [3.63, 3.8) is 0 Å². The van der Waals surface area contributed by atoms with Crippen LogP contribution in [0.15, 0.2) is 43.5 Å².